The van der Waals surface area contributed by atoms with E-state index in [2.05, 4.69) is 43.1 Å². The first-order valence-corrected chi connectivity index (χ1v) is 14.7. The highest BCUT2D eigenvalue weighted by Crippen LogP contribution is 2.37. The lowest BCUT2D eigenvalue weighted by Crippen LogP contribution is -2.26. The first kappa shape index (κ1) is 35.3. The summed E-state index contributed by atoms with van der Waals surface area (Å²) in [7, 11) is 1.91. The van der Waals surface area contributed by atoms with Gasteiger partial charge in [-0.25, -0.2) is 4.98 Å². The molecule has 0 saturated carbocycles. The van der Waals surface area contributed by atoms with E-state index in [1.807, 2.05) is 90.2 Å². The third kappa shape index (κ3) is 12.7. The van der Waals surface area contributed by atoms with Gasteiger partial charge < -0.3 is 10.4 Å². The zero-order chi connectivity index (χ0) is 29.1. The van der Waals surface area contributed by atoms with Crippen LogP contribution in [0.5, 0.6) is 0 Å². The maximum Gasteiger partial charge on any atom is 0.319 e. The monoisotopic (exact) mass is 554 g/mol. The van der Waals surface area contributed by atoms with Gasteiger partial charge in [0.05, 0.1) is 10.6 Å². The Morgan fingerprint density at radius 2 is 1.71 bits per heavy atom. The lowest BCUT2D eigenvalue weighted by Gasteiger charge is -2.18. The lowest BCUT2D eigenvalue weighted by atomic mass is 10.2. The molecule has 0 bridgehead atoms. The molecule has 0 radical (unpaired) electrons. The molecule has 3 rings (SSSR count). The van der Waals surface area contributed by atoms with Crippen molar-refractivity contribution in [1.29, 1.82) is 0 Å². The number of allylic oxidation sites excluding steroid dienone is 2. The molecule has 1 atom stereocenters. The van der Waals surface area contributed by atoms with Crippen LogP contribution in [0.4, 0.5) is 0 Å². The van der Waals surface area contributed by atoms with E-state index in [9.17, 15) is 9.90 Å². The highest BCUT2D eigenvalue weighted by Gasteiger charge is 2.28. The number of aromatic nitrogens is 1. The number of likely N-dealkylation sites (N-methyl/N-ethyl adjacent to an activating group) is 1. The number of rotatable bonds is 8. The number of nitrogens with one attached hydrogen (secondary N) is 1. The summed E-state index contributed by atoms with van der Waals surface area (Å²) in [6, 6.07) is 18.7. The number of carbonyl (C=O) groups is 1. The normalized spacial score (nSPS) is 11.2. The van der Waals surface area contributed by atoms with Crippen molar-refractivity contribution >= 4 is 29.1 Å². The summed E-state index contributed by atoms with van der Waals surface area (Å²) in [5.41, 5.74) is 3.25. The van der Waals surface area contributed by atoms with Crippen molar-refractivity contribution in [3.8, 4) is 21.0 Å². The van der Waals surface area contributed by atoms with Crippen LogP contribution in [0.1, 0.15) is 60.6 Å². The van der Waals surface area contributed by atoms with E-state index >= 15 is 0 Å². The Hall–Kier alpha value is -2.67. The molecule has 1 heterocycles. The number of thiazole rings is 1. The van der Waals surface area contributed by atoms with Crippen molar-refractivity contribution in [3.63, 3.8) is 0 Å². The fourth-order valence-corrected chi connectivity index (χ4v) is 4.76. The Bertz CT molecular complexity index is 1090. The number of hydrogen-bond donors (Lipinski definition) is 2. The molecular formula is C32H46N2O2S2. The maximum atomic E-state index is 11.3. The van der Waals surface area contributed by atoms with Crippen molar-refractivity contribution < 1.29 is 9.90 Å². The van der Waals surface area contributed by atoms with Crippen molar-refractivity contribution in [2.24, 2.45) is 0 Å². The first-order chi connectivity index (χ1) is 18.1. The highest BCUT2D eigenvalue weighted by atomic mass is 32.2. The minimum Gasteiger partial charge on any atom is -0.480 e. The van der Waals surface area contributed by atoms with Crippen LogP contribution < -0.4 is 5.32 Å². The number of aliphatic carboxylic acids is 1. The number of nitrogens with zero attached hydrogens (tertiary/aromatic N) is 1. The van der Waals surface area contributed by atoms with Crippen LogP contribution in [0.3, 0.4) is 0 Å². The number of hydrogen-bond acceptors (Lipinski definition) is 5. The molecule has 38 heavy (non-hydrogen) atoms. The molecule has 1 unspecified atom stereocenters. The van der Waals surface area contributed by atoms with Gasteiger partial charge in [-0.15, -0.1) is 29.7 Å². The van der Waals surface area contributed by atoms with E-state index < -0.39 is 10.7 Å². The second-order valence-electron chi connectivity index (χ2n) is 8.53. The molecule has 1 aromatic heterocycles. The summed E-state index contributed by atoms with van der Waals surface area (Å²) in [5.74, 6) is -0.815. The van der Waals surface area contributed by atoms with Crippen molar-refractivity contribution in [2.45, 2.75) is 77.5 Å². The van der Waals surface area contributed by atoms with Gasteiger partial charge >= 0.3 is 5.97 Å². The van der Waals surface area contributed by atoms with Crippen LogP contribution in [-0.4, -0.2) is 33.9 Å². The van der Waals surface area contributed by atoms with Crippen LogP contribution in [0.25, 0.3) is 21.0 Å². The largest absolute Gasteiger partial charge is 0.480 e. The molecule has 0 aliphatic carbocycles. The number of carboxylic acid groups (broad SMARTS) is 1. The molecule has 6 heteroatoms. The van der Waals surface area contributed by atoms with Gasteiger partial charge in [-0.3, -0.25) is 4.79 Å². The van der Waals surface area contributed by atoms with Gasteiger partial charge in [-0.2, -0.15) is 0 Å². The average molecular weight is 555 g/mol. The zero-order valence-electron chi connectivity index (χ0n) is 24.5. The SMILES string of the molecule is C/C=C/CC.C=CC(C)NC.CC.Cc1nc(-c2ccc(SC(C)(C)C(=O)O)cc2)sc1-c1ccccc1. The van der Waals surface area contributed by atoms with Gasteiger partial charge in [0.15, 0.2) is 0 Å². The smallest absolute Gasteiger partial charge is 0.319 e. The first-order valence-electron chi connectivity index (χ1n) is 13.1. The van der Waals surface area contributed by atoms with Crippen molar-refractivity contribution in [2.75, 3.05) is 7.05 Å². The quantitative estimate of drug-likeness (QED) is 0.214. The molecule has 2 N–H and O–H groups in total. The fourth-order valence-electron chi connectivity index (χ4n) is 2.73. The Morgan fingerprint density at radius 1 is 1.13 bits per heavy atom. The van der Waals surface area contributed by atoms with Gasteiger partial charge in [-0.05, 0) is 65.8 Å². The van der Waals surface area contributed by atoms with E-state index in [4.69, 9.17) is 4.98 Å². The second-order valence-corrected chi connectivity index (χ2v) is 11.2. The average Bonchev–Trinajstić information content (AvgIpc) is 3.32. The minimum absolute atomic E-state index is 0.449. The second kappa shape index (κ2) is 19.4. The van der Waals surface area contributed by atoms with Crippen molar-refractivity contribution in [1.82, 2.24) is 10.3 Å². The van der Waals surface area contributed by atoms with Crippen LogP contribution in [0, 0.1) is 6.92 Å². The predicted molar refractivity (Wildman–Crippen MR) is 170 cm³/mol. The lowest BCUT2D eigenvalue weighted by molar-refractivity contribution is -0.138. The fraction of sp³-hybridized carbons (Fsp3) is 0.375. The topological polar surface area (TPSA) is 62.2 Å². The van der Waals surface area contributed by atoms with Crippen LogP contribution >= 0.6 is 23.1 Å². The summed E-state index contributed by atoms with van der Waals surface area (Å²) in [6.45, 7) is 19.2. The predicted octanol–water partition coefficient (Wildman–Crippen LogP) is 9.52. The number of thioether (sulfide) groups is 1. The molecule has 0 amide bonds. The van der Waals surface area contributed by atoms with Gasteiger partial charge in [0.2, 0.25) is 0 Å². The molecule has 0 aliphatic rings. The molecular weight excluding hydrogens is 508 g/mol. The zero-order valence-corrected chi connectivity index (χ0v) is 26.2. The Kier molecular flexibility index (Phi) is 18.0. The summed E-state index contributed by atoms with van der Waals surface area (Å²) >= 11 is 3.02. The van der Waals surface area contributed by atoms with Crippen molar-refractivity contribution in [3.05, 3.63) is 85.1 Å². The summed E-state index contributed by atoms with van der Waals surface area (Å²) in [6.07, 6.45) is 7.20. The standard InChI is InChI=1S/C20H19NO2S2.C5H11N.C5H10.C2H6/c1-13-17(14-7-5-4-6-8-14)24-18(21-13)15-9-11-16(12-10-15)25-20(2,3)19(22)23;1-4-5(2)6-3;1-3-5-4-2;1-2/h4-12H,1-3H3,(H,22,23);4-6H,1H2,2-3H3;3,5H,4H2,1-2H3;1-2H3/b;;5-3+;. The van der Waals surface area contributed by atoms with E-state index in [-0.39, 0.29) is 0 Å². The summed E-state index contributed by atoms with van der Waals surface area (Å²) in [4.78, 5) is 18.1. The molecule has 0 saturated heterocycles. The van der Waals surface area contributed by atoms with Crippen LogP contribution in [-0.2, 0) is 4.79 Å². The number of carboxylic acids is 1. The summed E-state index contributed by atoms with van der Waals surface area (Å²) < 4.78 is -0.847. The Labute approximate surface area is 239 Å². The third-order valence-corrected chi connectivity index (χ3v) is 7.55. The van der Waals surface area contributed by atoms with Crippen LogP contribution in [0.15, 0.2) is 84.3 Å². The van der Waals surface area contributed by atoms with E-state index in [0.29, 0.717) is 6.04 Å². The van der Waals surface area contributed by atoms with Crippen LogP contribution in [0.2, 0.25) is 0 Å². The Morgan fingerprint density at radius 3 is 2.11 bits per heavy atom. The number of benzene rings is 2. The van der Waals surface area contributed by atoms with Gasteiger partial charge in [-0.1, -0.05) is 81.5 Å². The molecule has 4 nitrogen and oxygen atoms in total. The maximum absolute atomic E-state index is 11.3. The molecule has 2 aromatic carbocycles. The van der Waals surface area contributed by atoms with E-state index in [0.717, 1.165) is 27.6 Å². The number of aryl methyl sites for hydroxylation is 1. The third-order valence-electron chi connectivity index (χ3n) is 5.10. The highest BCUT2D eigenvalue weighted by molar-refractivity contribution is 8.01. The van der Waals surface area contributed by atoms with E-state index in [1.165, 1.54) is 22.2 Å². The molecule has 0 aliphatic heterocycles. The van der Waals surface area contributed by atoms with Gasteiger partial charge in [0.25, 0.3) is 0 Å². The summed E-state index contributed by atoms with van der Waals surface area (Å²) in [5, 5.41) is 13.2. The molecule has 0 spiro atoms. The molecule has 208 valence electrons. The van der Waals surface area contributed by atoms with E-state index in [1.54, 1.807) is 25.2 Å². The molecule has 3 aromatic rings. The van der Waals surface area contributed by atoms with Gasteiger partial charge in [0, 0.05) is 16.5 Å². The minimum atomic E-state index is -0.847. The molecule has 0 fully saturated rings. The van der Waals surface area contributed by atoms with Gasteiger partial charge in [0.1, 0.15) is 9.75 Å². The Balaban J connectivity index is 0.000000881.